The summed E-state index contributed by atoms with van der Waals surface area (Å²) in [6.45, 7) is 7.89. The molecule has 3 heteroatoms. The van der Waals surface area contributed by atoms with Crippen molar-refractivity contribution >= 4 is 12.7 Å². The molecule has 3 nitrogen and oxygen atoms in total. The fourth-order valence-electron chi connectivity index (χ4n) is 1.26. The third kappa shape index (κ3) is 1.71. The fraction of sp³-hybridized carbons (Fsp3) is 0.364. The lowest BCUT2D eigenvalue weighted by Crippen LogP contribution is -2.29. The molecule has 0 saturated carbocycles. The molecular formula is C11H16N2O. The Labute approximate surface area is 83.3 Å². The first-order chi connectivity index (χ1) is 6.45. The maximum Gasteiger partial charge on any atom is 0.328 e. The van der Waals surface area contributed by atoms with Crippen LogP contribution < -0.4 is 16.4 Å². The number of rotatable bonds is 1. The van der Waals surface area contributed by atoms with Crippen LogP contribution in [0, 0.1) is 0 Å². The Morgan fingerprint density at radius 3 is 2.21 bits per heavy atom. The molecule has 0 aliphatic carbocycles. The molecule has 0 unspecified atom stereocenters. The maximum absolute atomic E-state index is 11.5. The second kappa shape index (κ2) is 3.70. The SMILES string of the molecule is C=c1/c(=C\C=C(C)C)n(C)c(=O)n1C. The Morgan fingerprint density at radius 2 is 1.86 bits per heavy atom. The molecule has 0 spiro atoms. The van der Waals surface area contributed by atoms with E-state index in [4.69, 9.17) is 0 Å². The smallest absolute Gasteiger partial charge is 0.296 e. The molecule has 1 rings (SSSR count). The first-order valence-electron chi connectivity index (χ1n) is 4.51. The van der Waals surface area contributed by atoms with Crippen molar-refractivity contribution in [3.05, 3.63) is 32.8 Å². The van der Waals surface area contributed by atoms with Crippen LogP contribution in [0.2, 0.25) is 0 Å². The molecule has 1 aromatic heterocycles. The van der Waals surface area contributed by atoms with E-state index < -0.39 is 0 Å². The van der Waals surface area contributed by atoms with Crippen molar-refractivity contribution in [1.29, 1.82) is 0 Å². The van der Waals surface area contributed by atoms with Crippen LogP contribution in [0.1, 0.15) is 13.8 Å². The molecule has 0 atom stereocenters. The largest absolute Gasteiger partial charge is 0.328 e. The summed E-state index contributed by atoms with van der Waals surface area (Å²) >= 11 is 0. The average molecular weight is 192 g/mol. The van der Waals surface area contributed by atoms with Gasteiger partial charge in [-0.2, -0.15) is 0 Å². The van der Waals surface area contributed by atoms with Crippen LogP contribution in [0.5, 0.6) is 0 Å². The number of hydrogen-bond donors (Lipinski definition) is 0. The van der Waals surface area contributed by atoms with E-state index in [0.717, 1.165) is 10.7 Å². The van der Waals surface area contributed by atoms with Crippen molar-refractivity contribution in [3.63, 3.8) is 0 Å². The average Bonchev–Trinajstić information content (AvgIpc) is 2.29. The predicted molar refractivity (Wildman–Crippen MR) is 59.3 cm³/mol. The van der Waals surface area contributed by atoms with Gasteiger partial charge in [0, 0.05) is 14.1 Å². The highest BCUT2D eigenvalue weighted by molar-refractivity contribution is 5.36. The molecule has 0 saturated heterocycles. The van der Waals surface area contributed by atoms with E-state index in [1.54, 1.807) is 23.2 Å². The topological polar surface area (TPSA) is 26.9 Å². The van der Waals surface area contributed by atoms with Gasteiger partial charge in [-0.1, -0.05) is 18.2 Å². The molecule has 0 amide bonds. The van der Waals surface area contributed by atoms with Gasteiger partial charge in [0.05, 0.1) is 10.7 Å². The quantitative estimate of drug-likeness (QED) is 0.609. The van der Waals surface area contributed by atoms with Gasteiger partial charge in [-0.15, -0.1) is 0 Å². The summed E-state index contributed by atoms with van der Waals surface area (Å²) in [7, 11) is 3.48. The molecular weight excluding hydrogens is 176 g/mol. The lowest BCUT2D eigenvalue weighted by atomic mass is 10.3. The Morgan fingerprint density at radius 1 is 1.29 bits per heavy atom. The number of hydrogen-bond acceptors (Lipinski definition) is 1. The fourth-order valence-corrected chi connectivity index (χ4v) is 1.26. The third-order valence-electron chi connectivity index (χ3n) is 2.21. The van der Waals surface area contributed by atoms with Crippen molar-refractivity contribution in [2.24, 2.45) is 14.1 Å². The summed E-state index contributed by atoms with van der Waals surface area (Å²) in [6, 6.07) is 0. The van der Waals surface area contributed by atoms with Crippen molar-refractivity contribution in [1.82, 2.24) is 9.13 Å². The molecule has 1 aromatic rings. The Kier molecular flexibility index (Phi) is 2.79. The highest BCUT2D eigenvalue weighted by atomic mass is 16.1. The van der Waals surface area contributed by atoms with E-state index in [1.165, 1.54) is 5.57 Å². The molecule has 14 heavy (non-hydrogen) atoms. The number of aromatic nitrogens is 2. The normalized spacial score (nSPS) is 11.9. The number of nitrogens with zero attached hydrogens (tertiary/aromatic N) is 2. The first kappa shape index (κ1) is 10.6. The minimum atomic E-state index is -0.0385. The van der Waals surface area contributed by atoms with E-state index in [1.807, 2.05) is 26.0 Å². The lowest BCUT2D eigenvalue weighted by Gasteiger charge is -1.86. The van der Waals surface area contributed by atoms with E-state index in [2.05, 4.69) is 6.58 Å². The van der Waals surface area contributed by atoms with Gasteiger partial charge >= 0.3 is 5.69 Å². The summed E-state index contributed by atoms with van der Waals surface area (Å²) < 4.78 is 3.15. The summed E-state index contributed by atoms with van der Waals surface area (Å²) in [5, 5.41) is 1.61. The van der Waals surface area contributed by atoms with Gasteiger partial charge in [-0.05, 0) is 19.9 Å². The summed E-state index contributed by atoms with van der Waals surface area (Å²) in [4.78, 5) is 11.5. The van der Waals surface area contributed by atoms with Crippen molar-refractivity contribution in [2.45, 2.75) is 13.8 Å². The van der Waals surface area contributed by atoms with Crippen LogP contribution in [0.4, 0.5) is 0 Å². The van der Waals surface area contributed by atoms with E-state index in [-0.39, 0.29) is 5.69 Å². The predicted octanol–water partition coefficient (Wildman–Crippen LogP) is -0.119. The van der Waals surface area contributed by atoms with Gasteiger partial charge in [-0.3, -0.25) is 9.13 Å². The van der Waals surface area contributed by atoms with Crippen LogP contribution in [-0.4, -0.2) is 9.13 Å². The zero-order valence-corrected chi connectivity index (χ0v) is 9.16. The minimum Gasteiger partial charge on any atom is -0.296 e. The van der Waals surface area contributed by atoms with Gasteiger partial charge in [0.25, 0.3) is 0 Å². The van der Waals surface area contributed by atoms with Crippen LogP contribution in [0.25, 0.3) is 12.7 Å². The van der Waals surface area contributed by atoms with Crippen molar-refractivity contribution in [2.75, 3.05) is 0 Å². The molecule has 0 aliphatic rings. The summed E-state index contributed by atoms with van der Waals surface area (Å²) in [5.74, 6) is 0. The molecule has 0 bridgehead atoms. The van der Waals surface area contributed by atoms with Gasteiger partial charge in [0.15, 0.2) is 0 Å². The summed E-state index contributed by atoms with van der Waals surface area (Å²) in [5.41, 5.74) is 1.16. The van der Waals surface area contributed by atoms with Crippen molar-refractivity contribution in [3.8, 4) is 0 Å². The van der Waals surface area contributed by atoms with Gasteiger partial charge in [0.1, 0.15) is 0 Å². The van der Waals surface area contributed by atoms with Crippen LogP contribution in [-0.2, 0) is 14.1 Å². The first-order valence-corrected chi connectivity index (χ1v) is 4.51. The van der Waals surface area contributed by atoms with Gasteiger partial charge < -0.3 is 0 Å². The highest BCUT2D eigenvalue weighted by Crippen LogP contribution is 1.86. The zero-order chi connectivity index (χ0) is 10.9. The molecule has 0 fully saturated rings. The molecule has 0 N–H and O–H groups in total. The van der Waals surface area contributed by atoms with Gasteiger partial charge in [-0.25, -0.2) is 4.79 Å². The van der Waals surface area contributed by atoms with Crippen molar-refractivity contribution < 1.29 is 0 Å². The van der Waals surface area contributed by atoms with Crippen LogP contribution in [0.15, 0.2) is 16.4 Å². The standard InChI is InChI=1S/C11H16N2O/c1-8(2)6-7-10-9(3)12(4)11(14)13(10)5/h6-7H,3H2,1-2,4-5H3/b10-7+. The Bertz CT molecular complexity index is 525. The number of allylic oxidation sites excluding steroid dienone is 2. The summed E-state index contributed by atoms with van der Waals surface area (Å²) in [6.07, 6.45) is 3.89. The van der Waals surface area contributed by atoms with Gasteiger partial charge in [0.2, 0.25) is 0 Å². The Hall–Kier alpha value is -1.51. The zero-order valence-electron chi connectivity index (χ0n) is 9.16. The maximum atomic E-state index is 11.5. The highest BCUT2D eigenvalue weighted by Gasteiger charge is 1.99. The van der Waals surface area contributed by atoms with E-state index in [0.29, 0.717) is 0 Å². The minimum absolute atomic E-state index is 0.0385. The molecule has 1 heterocycles. The third-order valence-corrected chi connectivity index (χ3v) is 2.21. The molecule has 0 radical (unpaired) electrons. The van der Waals surface area contributed by atoms with E-state index >= 15 is 0 Å². The molecule has 0 aromatic carbocycles. The monoisotopic (exact) mass is 192 g/mol. The molecule has 76 valence electrons. The van der Waals surface area contributed by atoms with E-state index in [9.17, 15) is 4.79 Å². The second-order valence-corrected chi connectivity index (χ2v) is 3.64. The second-order valence-electron chi connectivity index (χ2n) is 3.64. The lowest BCUT2D eigenvalue weighted by molar-refractivity contribution is 0.762. The van der Waals surface area contributed by atoms with Crippen LogP contribution in [0.3, 0.4) is 0 Å². The number of imidazole rings is 1. The Balaban J connectivity index is 3.60. The molecule has 0 aliphatic heterocycles. The van der Waals surface area contributed by atoms with Crippen LogP contribution >= 0.6 is 0 Å².